The number of aromatic amines is 1. The fourth-order valence-electron chi connectivity index (χ4n) is 4.61. The highest BCUT2D eigenvalue weighted by molar-refractivity contribution is 7.18. The SMILES string of the molecule is Cc1sc2ncnc(N[C@@H](C)C(=O)N3CCC(n4c(=O)[nH]c5ccccc54)CC3)c2c1C. The number of likely N-dealkylation sites (tertiary alicyclic amines) is 1. The van der Waals surface area contributed by atoms with Crippen LogP contribution in [0.15, 0.2) is 35.4 Å². The highest BCUT2D eigenvalue weighted by Gasteiger charge is 2.29. The molecule has 9 heteroatoms. The minimum absolute atomic E-state index is 0.0473. The van der Waals surface area contributed by atoms with E-state index in [-0.39, 0.29) is 17.6 Å². The molecule has 0 bridgehead atoms. The van der Waals surface area contributed by atoms with Crippen molar-refractivity contribution in [1.29, 1.82) is 0 Å². The number of hydrogen-bond acceptors (Lipinski definition) is 6. The lowest BCUT2D eigenvalue weighted by molar-refractivity contribution is -0.132. The number of benzene rings is 1. The van der Waals surface area contributed by atoms with Gasteiger partial charge in [-0.1, -0.05) is 12.1 Å². The topological polar surface area (TPSA) is 95.9 Å². The molecule has 1 fully saturated rings. The van der Waals surface area contributed by atoms with Gasteiger partial charge in [-0.15, -0.1) is 11.3 Å². The van der Waals surface area contributed by atoms with E-state index in [4.69, 9.17) is 0 Å². The van der Waals surface area contributed by atoms with E-state index in [9.17, 15) is 9.59 Å². The number of rotatable bonds is 4. The molecule has 3 aromatic heterocycles. The van der Waals surface area contributed by atoms with Gasteiger partial charge < -0.3 is 15.2 Å². The summed E-state index contributed by atoms with van der Waals surface area (Å²) in [5.74, 6) is 0.754. The van der Waals surface area contributed by atoms with Crippen molar-refractivity contribution in [3.8, 4) is 0 Å². The number of H-pyrrole nitrogens is 1. The minimum Gasteiger partial charge on any atom is -0.358 e. The number of thiophene rings is 1. The molecule has 8 nitrogen and oxygen atoms in total. The molecule has 1 amide bonds. The van der Waals surface area contributed by atoms with Gasteiger partial charge in [-0.3, -0.25) is 9.36 Å². The summed E-state index contributed by atoms with van der Waals surface area (Å²) in [6, 6.07) is 7.43. The molecule has 1 saturated heterocycles. The molecule has 0 spiro atoms. The second kappa shape index (κ2) is 8.05. The molecule has 1 aromatic carbocycles. The number of nitrogens with zero attached hydrogens (tertiary/aromatic N) is 4. The Kier molecular flexibility index (Phi) is 5.21. The lowest BCUT2D eigenvalue weighted by Gasteiger charge is -2.34. The molecule has 1 aliphatic rings. The monoisotopic (exact) mass is 450 g/mol. The zero-order chi connectivity index (χ0) is 22.4. The molecule has 166 valence electrons. The number of nitrogens with one attached hydrogen (secondary N) is 2. The normalized spacial score (nSPS) is 16.0. The first-order valence-electron chi connectivity index (χ1n) is 10.9. The molecule has 1 atom stereocenters. The molecule has 5 rings (SSSR count). The number of piperidine rings is 1. The van der Waals surface area contributed by atoms with E-state index < -0.39 is 6.04 Å². The number of amides is 1. The number of anilines is 1. The van der Waals surface area contributed by atoms with Crippen molar-refractivity contribution >= 4 is 44.3 Å². The van der Waals surface area contributed by atoms with Gasteiger partial charge in [0.15, 0.2) is 0 Å². The number of hydrogen-bond donors (Lipinski definition) is 2. The van der Waals surface area contributed by atoms with Crippen LogP contribution in [-0.4, -0.2) is 49.5 Å². The maximum Gasteiger partial charge on any atom is 0.326 e. The van der Waals surface area contributed by atoms with Crippen molar-refractivity contribution in [2.45, 2.75) is 45.7 Å². The van der Waals surface area contributed by atoms with Crippen LogP contribution in [-0.2, 0) is 4.79 Å². The van der Waals surface area contributed by atoms with Gasteiger partial charge in [0.2, 0.25) is 5.91 Å². The van der Waals surface area contributed by atoms with Crippen LogP contribution in [0.1, 0.15) is 36.2 Å². The van der Waals surface area contributed by atoms with Crippen LogP contribution in [0.4, 0.5) is 5.82 Å². The van der Waals surface area contributed by atoms with Gasteiger partial charge in [0.05, 0.1) is 16.4 Å². The zero-order valence-corrected chi connectivity index (χ0v) is 19.2. The number of aromatic nitrogens is 4. The van der Waals surface area contributed by atoms with E-state index in [2.05, 4.69) is 34.1 Å². The first-order valence-corrected chi connectivity index (χ1v) is 11.7. The summed E-state index contributed by atoms with van der Waals surface area (Å²) in [5, 5.41) is 4.30. The Balaban J connectivity index is 1.28. The Bertz CT molecular complexity index is 1360. The maximum atomic E-state index is 13.1. The smallest absolute Gasteiger partial charge is 0.326 e. The summed E-state index contributed by atoms with van der Waals surface area (Å²) in [4.78, 5) is 41.4. The van der Waals surface area contributed by atoms with Gasteiger partial charge in [0, 0.05) is 24.0 Å². The molecule has 2 N–H and O–H groups in total. The highest BCUT2D eigenvalue weighted by atomic mass is 32.1. The van der Waals surface area contributed by atoms with Crippen molar-refractivity contribution in [2.75, 3.05) is 18.4 Å². The Morgan fingerprint density at radius 2 is 1.97 bits per heavy atom. The third kappa shape index (κ3) is 3.46. The van der Waals surface area contributed by atoms with E-state index in [0.29, 0.717) is 18.9 Å². The van der Waals surface area contributed by atoms with Crippen LogP contribution in [0.25, 0.3) is 21.3 Å². The van der Waals surface area contributed by atoms with Gasteiger partial charge in [-0.25, -0.2) is 14.8 Å². The van der Waals surface area contributed by atoms with E-state index in [0.717, 1.165) is 39.7 Å². The lowest BCUT2D eigenvalue weighted by Crippen LogP contribution is -2.46. The molecular weight excluding hydrogens is 424 g/mol. The van der Waals surface area contributed by atoms with Crippen LogP contribution < -0.4 is 11.0 Å². The summed E-state index contributed by atoms with van der Waals surface area (Å²) in [7, 11) is 0. The number of carbonyl (C=O) groups is 1. The van der Waals surface area contributed by atoms with Gasteiger partial charge in [0.25, 0.3) is 0 Å². The summed E-state index contributed by atoms with van der Waals surface area (Å²) < 4.78 is 1.85. The fourth-order valence-corrected chi connectivity index (χ4v) is 5.61. The van der Waals surface area contributed by atoms with Crippen LogP contribution in [0.3, 0.4) is 0 Å². The average Bonchev–Trinajstić information content (AvgIpc) is 3.29. The summed E-state index contributed by atoms with van der Waals surface area (Å²) in [6.45, 7) is 7.26. The summed E-state index contributed by atoms with van der Waals surface area (Å²) in [6.07, 6.45) is 3.04. The number of aryl methyl sites for hydroxylation is 2. The molecular formula is C23H26N6O2S. The van der Waals surface area contributed by atoms with E-state index in [1.54, 1.807) is 17.7 Å². The third-order valence-electron chi connectivity index (χ3n) is 6.45. The van der Waals surface area contributed by atoms with Crippen molar-refractivity contribution < 1.29 is 4.79 Å². The Labute approximate surface area is 189 Å². The van der Waals surface area contributed by atoms with Crippen LogP contribution in [0.5, 0.6) is 0 Å². The third-order valence-corrected chi connectivity index (χ3v) is 7.57. The van der Waals surface area contributed by atoms with Crippen LogP contribution >= 0.6 is 11.3 Å². The van der Waals surface area contributed by atoms with Gasteiger partial charge in [-0.2, -0.15) is 0 Å². The molecule has 0 radical (unpaired) electrons. The number of para-hydroxylation sites is 2. The van der Waals surface area contributed by atoms with Gasteiger partial charge in [-0.05, 0) is 51.3 Å². The van der Waals surface area contributed by atoms with Crippen molar-refractivity contribution in [2.24, 2.45) is 0 Å². The second-order valence-corrected chi connectivity index (χ2v) is 9.63. The van der Waals surface area contributed by atoms with Crippen LogP contribution in [0.2, 0.25) is 0 Å². The van der Waals surface area contributed by atoms with E-state index >= 15 is 0 Å². The summed E-state index contributed by atoms with van der Waals surface area (Å²) >= 11 is 1.64. The molecule has 0 unspecified atom stereocenters. The highest BCUT2D eigenvalue weighted by Crippen LogP contribution is 2.33. The Morgan fingerprint density at radius 3 is 2.75 bits per heavy atom. The van der Waals surface area contributed by atoms with Crippen molar-refractivity contribution in [3.63, 3.8) is 0 Å². The first kappa shape index (κ1) is 20.7. The summed E-state index contributed by atoms with van der Waals surface area (Å²) in [5.41, 5.74) is 2.84. The molecule has 32 heavy (non-hydrogen) atoms. The maximum absolute atomic E-state index is 13.1. The lowest BCUT2D eigenvalue weighted by atomic mass is 10.0. The molecule has 4 heterocycles. The largest absolute Gasteiger partial charge is 0.358 e. The van der Waals surface area contributed by atoms with Crippen molar-refractivity contribution in [1.82, 2.24) is 24.4 Å². The number of carbonyl (C=O) groups excluding carboxylic acids is 1. The fraction of sp³-hybridized carbons (Fsp3) is 0.391. The zero-order valence-electron chi connectivity index (χ0n) is 18.4. The standard InChI is InChI=1S/C23H26N6O2S/c1-13-15(3)32-21-19(13)20(24-12-25-21)26-14(2)22(30)28-10-8-16(9-11-28)29-18-7-5-4-6-17(18)27-23(29)31/h4-7,12,14,16H,8-11H2,1-3H3,(H,27,31)(H,24,25,26)/t14-/m0/s1. The number of fused-ring (bicyclic) bond motifs is 2. The Hall–Kier alpha value is -3.20. The van der Waals surface area contributed by atoms with E-state index in [1.807, 2.05) is 40.7 Å². The molecule has 1 aliphatic heterocycles. The molecule has 4 aromatic rings. The molecule has 0 aliphatic carbocycles. The first-order chi connectivity index (χ1) is 15.4. The predicted molar refractivity (Wildman–Crippen MR) is 127 cm³/mol. The molecule has 0 saturated carbocycles. The Morgan fingerprint density at radius 1 is 1.22 bits per heavy atom. The predicted octanol–water partition coefficient (Wildman–Crippen LogP) is 3.62. The van der Waals surface area contributed by atoms with Crippen LogP contribution in [0, 0.1) is 13.8 Å². The number of imidazole rings is 1. The van der Waals surface area contributed by atoms with Gasteiger partial charge in [0.1, 0.15) is 23.0 Å². The van der Waals surface area contributed by atoms with E-state index in [1.165, 1.54) is 4.88 Å². The second-order valence-electron chi connectivity index (χ2n) is 8.43. The van der Waals surface area contributed by atoms with Crippen molar-refractivity contribution in [3.05, 3.63) is 51.5 Å². The quantitative estimate of drug-likeness (QED) is 0.495. The van der Waals surface area contributed by atoms with Gasteiger partial charge >= 0.3 is 5.69 Å². The minimum atomic E-state index is -0.403. The average molecular weight is 451 g/mol.